The smallest absolute Gasteiger partial charge is 0.267 e. The Morgan fingerprint density at radius 3 is 2.72 bits per heavy atom. The summed E-state index contributed by atoms with van der Waals surface area (Å²) in [5.41, 5.74) is 6.70. The Kier molecular flexibility index (Phi) is 3.18. The monoisotopic (exact) mass is 286 g/mol. The molecule has 18 heavy (non-hydrogen) atoms. The van der Waals surface area contributed by atoms with Crippen molar-refractivity contribution in [1.82, 2.24) is 10.2 Å². The van der Waals surface area contributed by atoms with Crippen LogP contribution in [0.1, 0.15) is 5.56 Å². The van der Waals surface area contributed by atoms with Crippen LogP contribution in [0.4, 0.5) is 11.5 Å². The van der Waals surface area contributed by atoms with Gasteiger partial charge in [0.1, 0.15) is 10.7 Å². The summed E-state index contributed by atoms with van der Waals surface area (Å²) in [5.74, 6) is -0.0132. The standard InChI is InChI=1S/C10H11ClN4O2S/c1-6-2-3-7(4-8(6)11)15-18(16,17)9-5-13-14-10(9)12/h2-5,15H,1H3,(H3,12,13,14). The number of aromatic amines is 1. The molecule has 0 fully saturated rings. The van der Waals surface area contributed by atoms with Crippen LogP contribution in [0.3, 0.4) is 0 Å². The van der Waals surface area contributed by atoms with Crippen LogP contribution in [-0.4, -0.2) is 18.6 Å². The van der Waals surface area contributed by atoms with Crippen molar-refractivity contribution in [3.05, 3.63) is 35.0 Å². The summed E-state index contributed by atoms with van der Waals surface area (Å²) in [6.07, 6.45) is 1.15. The van der Waals surface area contributed by atoms with Crippen molar-refractivity contribution in [3.63, 3.8) is 0 Å². The van der Waals surface area contributed by atoms with Crippen molar-refractivity contribution in [2.24, 2.45) is 0 Å². The fourth-order valence-electron chi connectivity index (χ4n) is 1.37. The maximum absolute atomic E-state index is 12.0. The Balaban J connectivity index is 2.34. The number of benzene rings is 1. The van der Waals surface area contributed by atoms with Crippen molar-refractivity contribution in [2.75, 3.05) is 10.5 Å². The Labute approximate surface area is 109 Å². The second kappa shape index (κ2) is 4.51. The van der Waals surface area contributed by atoms with Gasteiger partial charge in [-0.25, -0.2) is 8.42 Å². The molecule has 0 unspecified atom stereocenters. The van der Waals surface area contributed by atoms with Crippen molar-refractivity contribution in [2.45, 2.75) is 11.8 Å². The van der Waals surface area contributed by atoms with Crippen LogP contribution in [0.15, 0.2) is 29.3 Å². The molecule has 0 radical (unpaired) electrons. The van der Waals surface area contributed by atoms with Gasteiger partial charge in [-0.15, -0.1) is 0 Å². The predicted molar refractivity (Wildman–Crippen MR) is 70.0 cm³/mol. The Morgan fingerprint density at radius 2 is 2.17 bits per heavy atom. The van der Waals surface area contributed by atoms with Crippen LogP contribution in [0.2, 0.25) is 5.02 Å². The molecule has 0 saturated carbocycles. The van der Waals surface area contributed by atoms with E-state index in [1.807, 2.05) is 6.92 Å². The number of aromatic nitrogens is 2. The average molecular weight is 287 g/mol. The van der Waals surface area contributed by atoms with Gasteiger partial charge in [-0.05, 0) is 24.6 Å². The third-order valence-corrected chi connectivity index (χ3v) is 4.16. The number of H-pyrrole nitrogens is 1. The molecule has 2 rings (SSSR count). The molecule has 1 aromatic heterocycles. The predicted octanol–water partition coefficient (Wildman–Crippen LogP) is 1.75. The lowest BCUT2D eigenvalue weighted by Crippen LogP contribution is -2.13. The number of nitrogens with zero attached hydrogens (tertiary/aromatic N) is 1. The van der Waals surface area contributed by atoms with Gasteiger partial charge in [-0.2, -0.15) is 5.10 Å². The number of aryl methyl sites for hydroxylation is 1. The molecule has 1 aromatic carbocycles. The number of anilines is 2. The largest absolute Gasteiger partial charge is 0.383 e. The van der Waals surface area contributed by atoms with E-state index in [4.69, 9.17) is 17.3 Å². The number of nitrogen functional groups attached to an aromatic ring is 1. The molecule has 0 saturated heterocycles. The van der Waals surface area contributed by atoms with Crippen LogP contribution < -0.4 is 10.5 Å². The summed E-state index contributed by atoms with van der Waals surface area (Å²) in [4.78, 5) is -0.0980. The molecular formula is C10H11ClN4O2S. The summed E-state index contributed by atoms with van der Waals surface area (Å²) in [7, 11) is -3.76. The molecular weight excluding hydrogens is 276 g/mol. The van der Waals surface area contributed by atoms with Gasteiger partial charge < -0.3 is 5.73 Å². The molecule has 8 heteroatoms. The molecule has 96 valence electrons. The van der Waals surface area contributed by atoms with Gasteiger partial charge >= 0.3 is 0 Å². The number of halogens is 1. The summed E-state index contributed by atoms with van der Waals surface area (Å²) >= 11 is 5.92. The maximum atomic E-state index is 12.0. The zero-order valence-electron chi connectivity index (χ0n) is 9.44. The Morgan fingerprint density at radius 1 is 1.44 bits per heavy atom. The fraction of sp³-hybridized carbons (Fsp3) is 0.100. The third-order valence-electron chi connectivity index (χ3n) is 2.35. The van der Waals surface area contributed by atoms with Gasteiger partial charge in [0.25, 0.3) is 10.0 Å². The highest BCUT2D eigenvalue weighted by Gasteiger charge is 2.19. The zero-order valence-corrected chi connectivity index (χ0v) is 11.0. The molecule has 0 aliphatic carbocycles. The first kappa shape index (κ1) is 12.7. The molecule has 0 amide bonds. The van der Waals surface area contributed by atoms with E-state index in [0.717, 1.165) is 11.8 Å². The number of hydrogen-bond donors (Lipinski definition) is 3. The van der Waals surface area contributed by atoms with E-state index in [-0.39, 0.29) is 10.7 Å². The lowest BCUT2D eigenvalue weighted by atomic mass is 10.2. The van der Waals surface area contributed by atoms with Crippen molar-refractivity contribution >= 4 is 33.1 Å². The third kappa shape index (κ3) is 2.41. The quantitative estimate of drug-likeness (QED) is 0.800. The maximum Gasteiger partial charge on any atom is 0.267 e. The van der Waals surface area contributed by atoms with Crippen molar-refractivity contribution in [3.8, 4) is 0 Å². The highest BCUT2D eigenvalue weighted by atomic mass is 35.5. The van der Waals surface area contributed by atoms with Crippen LogP contribution in [0, 0.1) is 6.92 Å². The first-order valence-electron chi connectivity index (χ1n) is 4.98. The SMILES string of the molecule is Cc1ccc(NS(=O)(=O)c2cn[nH]c2N)cc1Cl. The summed E-state index contributed by atoms with van der Waals surface area (Å²) in [6.45, 7) is 1.83. The van der Waals surface area contributed by atoms with E-state index >= 15 is 0 Å². The van der Waals surface area contributed by atoms with Crippen LogP contribution in [0.25, 0.3) is 0 Å². The average Bonchev–Trinajstić information content (AvgIpc) is 2.70. The van der Waals surface area contributed by atoms with E-state index in [1.54, 1.807) is 12.1 Å². The zero-order chi connectivity index (χ0) is 13.3. The van der Waals surface area contributed by atoms with E-state index < -0.39 is 10.0 Å². The normalized spacial score (nSPS) is 11.4. The van der Waals surface area contributed by atoms with Crippen LogP contribution in [0.5, 0.6) is 0 Å². The van der Waals surface area contributed by atoms with E-state index in [2.05, 4.69) is 14.9 Å². The molecule has 4 N–H and O–H groups in total. The number of nitrogens with one attached hydrogen (secondary N) is 2. The van der Waals surface area contributed by atoms with Gasteiger partial charge in [-0.3, -0.25) is 9.82 Å². The number of hydrogen-bond acceptors (Lipinski definition) is 4. The first-order chi connectivity index (χ1) is 8.40. The molecule has 1 heterocycles. The highest BCUT2D eigenvalue weighted by Crippen LogP contribution is 2.23. The molecule has 0 aliphatic rings. The number of rotatable bonds is 3. The Hall–Kier alpha value is -1.73. The van der Waals surface area contributed by atoms with Gasteiger partial charge in [-0.1, -0.05) is 17.7 Å². The van der Waals surface area contributed by atoms with Crippen molar-refractivity contribution < 1.29 is 8.42 Å². The molecule has 0 atom stereocenters. The summed E-state index contributed by atoms with van der Waals surface area (Å²) in [5, 5.41) is 6.41. The topological polar surface area (TPSA) is 101 Å². The molecule has 2 aromatic rings. The first-order valence-corrected chi connectivity index (χ1v) is 6.84. The molecule has 6 nitrogen and oxygen atoms in total. The lowest BCUT2D eigenvalue weighted by Gasteiger charge is -2.08. The second-order valence-corrected chi connectivity index (χ2v) is 5.78. The van der Waals surface area contributed by atoms with Crippen LogP contribution in [-0.2, 0) is 10.0 Å². The molecule has 0 spiro atoms. The number of nitrogens with two attached hydrogens (primary N) is 1. The van der Waals surface area contributed by atoms with E-state index in [9.17, 15) is 8.42 Å². The second-order valence-electron chi connectivity index (χ2n) is 3.72. The fourth-order valence-corrected chi connectivity index (χ4v) is 2.62. The van der Waals surface area contributed by atoms with Crippen LogP contribution >= 0.6 is 11.6 Å². The minimum atomic E-state index is -3.76. The Bertz CT molecular complexity index is 681. The van der Waals surface area contributed by atoms with Crippen molar-refractivity contribution in [1.29, 1.82) is 0 Å². The summed E-state index contributed by atoms with van der Waals surface area (Å²) in [6, 6.07) is 4.87. The highest BCUT2D eigenvalue weighted by molar-refractivity contribution is 7.92. The summed E-state index contributed by atoms with van der Waals surface area (Å²) < 4.78 is 26.3. The van der Waals surface area contributed by atoms with Gasteiger partial charge in [0, 0.05) is 5.02 Å². The minimum Gasteiger partial charge on any atom is -0.383 e. The minimum absolute atomic E-state index is 0.0132. The van der Waals surface area contributed by atoms with Gasteiger partial charge in [0.15, 0.2) is 0 Å². The lowest BCUT2D eigenvalue weighted by molar-refractivity contribution is 0.601. The van der Waals surface area contributed by atoms with Gasteiger partial charge in [0.05, 0.1) is 11.9 Å². The molecule has 0 bridgehead atoms. The van der Waals surface area contributed by atoms with E-state index in [1.165, 1.54) is 6.07 Å². The van der Waals surface area contributed by atoms with Gasteiger partial charge in [0.2, 0.25) is 0 Å². The van der Waals surface area contributed by atoms with E-state index in [0.29, 0.717) is 10.7 Å². The molecule has 0 aliphatic heterocycles. The number of sulfonamides is 1.